The Morgan fingerprint density at radius 3 is 2.57 bits per heavy atom. The van der Waals surface area contributed by atoms with Crippen molar-refractivity contribution >= 4 is 23.1 Å². The van der Waals surface area contributed by atoms with Gasteiger partial charge in [0.15, 0.2) is 5.78 Å². The Hall–Kier alpha value is -1.94. The standard InChI is InChI=1S/C17H16O3S/c18-14(6-8-17(19)20)16-10-13-9-12-4-2-1-3-11(12)5-7-15(13)21-16/h1-4,10H,5-9H2,(H,19,20). The van der Waals surface area contributed by atoms with Gasteiger partial charge in [0.25, 0.3) is 0 Å². The van der Waals surface area contributed by atoms with Gasteiger partial charge in [0.05, 0.1) is 11.3 Å². The number of carbonyl (C=O) groups excluding carboxylic acids is 1. The SMILES string of the molecule is O=C(O)CCC(=O)c1cc2c(s1)CCc1ccccc1C2. The van der Waals surface area contributed by atoms with Crippen LogP contribution in [0.2, 0.25) is 0 Å². The molecule has 1 aliphatic carbocycles. The zero-order chi connectivity index (χ0) is 14.8. The normalized spacial score (nSPS) is 13.1. The van der Waals surface area contributed by atoms with E-state index in [-0.39, 0.29) is 18.6 Å². The highest BCUT2D eigenvalue weighted by atomic mass is 32.1. The molecule has 0 saturated heterocycles. The number of benzene rings is 1. The number of aliphatic carboxylic acids is 1. The maximum absolute atomic E-state index is 12.0. The van der Waals surface area contributed by atoms with E-state index in [1.165, 1.54) is 32.9 Å². The van der Waals surface area contributed by atoms with Gasteiger partial charge in [0.1, 0.15) is 0 Å². The summed E-state index contributed by atoms with van der Waals surface area (Å²) in [6.45, 7) is 0. The molecule has 1 aromatic carbocycles. The number of carboxylic acids is 1. The first-order chi connectivity index (χ1) is 10.1. The van der Waals surface area contributed by atoms with Crippen LogP contribution in [-0.2, 0) is 24.1 Å². The maximum Gasteiger partial charge on any atom is 0.303 e. The molecule has 1 heterocycles. The Balaban J connectivity index is 1.82. The Labute approximate surface area is 127 Å². The number of carboxylic acid groups (broad SMARTS) is 1. The van der Waals surface area contributed by atoms with E-state index in [1.807, 2.05) is 6.07 Å². The average molecular weight is 300 g/mol. The van der Waals surface area contributed by atoms with Crippen molar-refractivity contribution in [3.8, 4) is 0 Å². The summed E-state index contributed by atoms with van der Waals surface area (Å²) < 4.78 is 0. The van der Waals surface area contributed by atoms with Crippen LogP contribution >= 0.6 is 11.3 Å². The third-order valence-electron chi connectivity index (χ3n) is 3.86. The molecule has 0 unspecified atom stereocenters. The summed E-state index contributed by atoms with van der Waals surface area (Å²) in [6.07, 6.45) is 2.83. The minimum Gasteiger partial charge on any atom is -0.481 e. The van der Waals surface area contributed by atoms with Crippen molar-refractivity contribution in [2.75, 3.05) is 0 Å². The van der Waals surface area contributed by atoms with Crippen molar-refractivity contribution in [2.24, 2.45) is 0 Å². The predicted molar refractivity (Wildman–Crippen MR) is 82.2 cm³/mol. The zero-order valence-corrected chi connectivity index (χ0v) is 12.4. The van der Waals surface area contributed by atoms with E-state index in [0.29, 0.717) is 4.88 Å². The highest BCUT2D eigenvalue weighted by molar-refractivity contribution is 7.14. The van der Waals surface area contributed by atoms with Crippen molar-refractivity contribution in [1.29, 1.82) is 0 Å². The third kappa shape index (κ3) is 3.05. The van der Waals surface area contributed by atoms with Crippen LogP contribution in [0.1, 0.15) is 44.1 Å². The molecule has 0 radical (unpaired) electrons. The van der Waals surface area contributed by atoms with Crippen LogP contribution in [0.25, 0.3) is 0 Å². The van der Waals surface area contributed by atoms with Gasteiger partial charge in [-0.05, 0) is 42.0 Å². The van der Waals surface area contributed by atoms with E-state index in [9.17, 15) is 9.59 Å². The minimum absolute atomic E-state index is 0.0521. The molecule has 0 aliphatic heterocycles. The molecule has 3 rings (SSSR count). The van der Waals surface area contributed by atoms with Crippen LogP contribution in [0.3, 0.4) is 0 Å². The van der Waals surface area contributed by atoms with Crippen LogP contribution in [-0.4, -0.2) is 16.9 Å². The van der Waals surface area contributed by atoms with Crippen LogP contribution in [0.5, 0.6) is 0 Å². The van der Waals surface area contributed by atoms with Crippen molar-refractivity contribution in [3.05, 3.63) is 56.8 Å². The summed E-state index contributed by atoms with van der Waals surface area (Å²) in [6, 6.07) is 10.4. The first-order valence-corrected chi connectivity index (χ1v) is 7.88. The number of ketones is 1. The summed E-state index contributed by atoms with van der Waals surface area (Å²) in [7, 11) is 0. The lowest BCUT2D eigenvalue weighted by Gasteiger charge is -2.03. The Morgan fingerprint density at radius 2 is 1.81 bits per heavy atom. The largest absolute Gasteiger partial charge is 0.481 e. The fourth-order valence-electron chi connectivity index (χ4n) is 2.74. The predicted octanol–water partition coefficient (Wildman–Crippen LogP) is 3.49. The number of fused-ring (bicyclic) bond motifs is 2. The molecule has 0 amide bonds. The van der Waals surface area contributed by atoms with Gasteiger partial charge in [-0.2, -0.15) is 0 Å². The molecule has 108 valence electrons. The third-order valence-corrected chi connectivity index (χ3v) is 5.14. The summed E-state index contributed by atoms with van der Waals surface area (Å²) in [5.74, 6) is -0.973. The molecule has 1 aromatic heterocycles. The summed E-state index contributed by atoms with van der Waals surface area (Å²) in [5, 5.41) is 8.67. The van der Waals surface area contributed by atoms with Crippen LogP contribution < -0.4 is 0 Å². The average Bonchev–Trinajstić information content (AvgIpc) is 2.79. The van der Waals surface area contributed by atoms with E-state index in [0.717, 1.165) is 19.3 Å². The first kappa shape index (κ1) is 14.0. The molecule has 0 spiro atoms. The van der Waals surface area contributed by atoms with Gasteiger partial charge in [-0.1, -0.05) is 24.3 Å². The summed E-state index contributed by atoms with van der Waals surface area (Å²) in [5.41, 5.74) is 3.95. The molecule has 0 fully saturated rings. The fourth-order valence-corrected chi connectivity index (χ4v) is 3.88. The molecule has 0 bridgehead atoms. The molecular formula is C17H16O3S. The van der Waals surface area contributed by atoms with Crippen molar-refractivity contribution in [1.82, 2.24) is 0 Å². The molecule has 0 saturated carbocycles. The lowest BCUT2D eigenvalue weighted by atomic mass is 10.0. The number of hydrogen-bond donors (Lipinski definition) is 1. The fraction of sp³-hybridized carbons (Fsp3) is 0.294. The number of Topliss-reactive ketones (excluding diaryl/α,β-unsaturated/α-hetero) is 1. The molecular weight excluding hydrogens is 284 g/mol. The lowest BCUT2D eigenvalue weighted by Crippen LogP contribution is -2.02. The Bertz CT molecular complexity index is 700. The van der Waals surface area contributed by atoms with Gasteiger partial charge in [-0.15, -0.1) is 11.3 Å². The second kappa shape index (κ2) is 5.82. The van der Waals surface area contributed by atoms with E-state index >= 15 is 0 Å². The minimum atomic E-state index is -0.921. The molecule has 1 aliphatic rings. The van der Waals surface area contributed by atoms with E-state index in [1.54, 1.807) is 0 Å². The molecule has 0 atom stereocenters. The van der Waals surface area contributed by atoms with Gasteiger partial charge in [-0.25, -0.2) is 0 Å². The van der Waals surface area contributed by atoms with E-state index in [4.69, 9.17) is 5.11 Å². The van der Waals surface area contributed by atoms with E-state index < -0.39 is 5.97 Å². The summed E-state index contributed by atoms with van der Waals surface area (Å²) in [4.78, 5) is 24.6. The van der Waals surface area contributed by atoms with Crippen molar-refractivity contribution < 1.29 is 14.7 Å². The monoisotopic (exact) mass is 300 g/mol. The lowest BCUT2D eigenvalue weighted by molar-refractivity contribution is -0.136. The molecule has 21 heavy (non-hydrogen) atoms. The van der Waals surface area contributed by atoms with Gasteiger partial charge in [0.2, 0.25) is 0 Å². The van der Waals surface area contributed by atoms with Gasteiger partial charge in [0, 0.05) is 11.3 Å². The second-order valence-electron chi connectivity index (χ2n) is 5.32. The number of rotatable bonds is 4. The number of hydrogen-bond acceptors (Lipinski definition) is 3. The molecule has 3 nitrogen and oxygen atoms in total. The van der Waals surface area contributed by atoms with E-state index in [2.05, 4.69) is 24.3 Å². The topological polar surface area (TPSA) is 54.4 Å². The van der Waals surface area contributed by atoms with Crippen LogP contribution in [0.4, 0.5) is 0 Å². The highest BCUT2D eigenvalue weighted by Crippen LogP contribution is 2.31. The number of aryl methyl sites for hydroxylation is 2. The molecule has 4 heteroatoms. The Kier molecular flexibility index (Phi) is 3.88. The maximum atomic E-state index is 12.0. The van der Waals surface area contributed by atoms with Crippen molar-refractivity contribution in [2.45, 2.75) is 32.1 Å². The Morgan fingerprint density at radius 1 is 1.05 bits per heavy atom. The van der Waals surface area contributed by atoms with Crippen LogP contribution in [0.15, 0.2) is 30.3 Å². The zero-order valence-electron chi connectivity index (χ0n) is 11.6. The van der Waals surface area contributed by atoms with Crippen molar-refractivity contribution in [3.63, 3.8) is 0 Å². The number of thiophene rings is 1. The second-order valence-corrected chi connectivity index (χ2v) is 6.46. The molecule has 1 N–H and O–H groups in total. The first-order valence-electron chi connectivity index (χ1n) is 7.07. The smallest absolute Gasteiger partial charge is 0.303 e. The van der Waals surface area contributed by atoms with Gasteiger partial charge in [-0.3, -0.25) is 9.59 Å². The van der Waals surface area contributed by atoms with Gasteiger partial charge < -0.3 is 5.11 Å². The molecule has 2 aromatic rings. The number of carbonyl (C=O) groups is 2. The van der Waals surface area contributed by atoms with Gasteiger partial charge >= 0.3 is 5.97 Å². The summed E-state index contributed by atoms with van der Waals surface area (Å²) >= 11 is 1.54. The highest BCUT2D eigenvalue weighted by Gasteiger charge is 2.19. The van der Waals surface area contributed by atoms with Crippen LogP contribution in [0, 0.1) is 0 Å². The quantitative estimate of drug-likeness (QED) is 0.879.